The number of fused-ring (bicyclic) bond motifs is 21. The predicted octanol–water partition coefficient (Wildman–Crippen LogP) is 10.4. The minimum absolute atomic E-state index is 0.370. The molecule has 0 N–H and O–H groups in total. The predicted molar refractivity (Wildman–Crippen MR) is 177 cm³/mol. The van der Waals surface area contributed by atoms with Crippen molar-refractivity contribution in [3.63, 3.8) is 0 Å². The Labute approximate surface area is 254 Å². The van der Waals surface area contributed by atoms with Crippen LogP contribution in [0.1, 0.15) is 44.5 Å². The highest BCUT2D eigenvalue weighted by Gasteiger charge is 2.61. The number of hydrogen-bond donors (Lipinski definition) is 0. The summed E-state index contributed by atoms with van der Waals surface area (Å²) in [6, 6.07) is 55.2. The Morgan fingerprint density at radius 1 is 0.279 bits per heavy atom. The fourth-order valence-corrected chi connectivity index (χ4v) is 10.9. The lowest BCUT2D eigenvalue weighted by atomic mass is 9.63. The third-order valence-corrected chi connectivity index (χ3v) is 12.0. The maximum atomic E-state index is 2.40. The molecule has 0 aliphatic heterocycles. The Balaban J connectivity index is 1.40. The molecule has 1 aromatic heterocycles. The minimum Gasteiger partial charge on any atom is -0.134 e. The molecule has 0 amide bonds. The van der Waals surface area contributed by atoms with Crippen LogP contribution in [-0.4, -0.2) is 0 Å². The molecule has 6 aromatic carbocycles. The van der Waals surface area contributed by atoms with E-state index in [2.05, 4.69) is 146 Å². The fourth-order valence-electron chi connectivity index (χ4n) is 9.40. The van der Waals surface area contributed by atoms with E-state index in [9.17, 15) is 0 Å². The SMILES string of the molecule is c1ccc2c(c1)-c1ccccc1C21c2ccccc2-c2sc3c(c21)C1(c2ccccc2-c2ccccc21)c1ccccc1-3. The topological polar surface area (TPSA) is 0 Å². The Kier molecular flexibility index (Phi) is 3.94. The quantitative estimate of drug-likeness (QED) is 0.173. The first-order valence-electron chi connectivity index (χ1n) is 15.1. The van der Waals surface area contributed by atoms with Gasteiger partial charge in [-0.15, -0.1) is 11.3 Å². The molecule has 0 bridgehead atoms. The van der Waals surface area contributed by atoms with Crippen molar-refractivity contribution < 1.29 is 0 Å². The van der Waals surface area contributed by atoms with Crippen LogP contribution in [0, 0.1) is 0 Å². The van der Waals surface area contributed by atoms with Crippen molar-refractivity contribution in [2.45, 2.75) is 10.8 Å². The van der Waals surface area contributed by atoms with E-state index in [4.69, 9.17) is 0 Å². The van der Waals surface area contributed by atoms with Crippen molar-refractivity contribution >= 4 is 11.3 Å². The monoisotopic (exact) mass is 560 g/mol. The Morgan fingerprint density at radius 2 is 0.512 bits per heavy atom. The van der Waals surface area contributed by atoms with Gasteiger partial charge in [-0.1, -0.05) is 146 Å². The third kappa shape index (κ3) is 2.28. The second kappa shape index (κ2) is 7.50. The van der Waals surface area contributed by atoms with E-state index in [1.807, 2.05) is 11.3 Å². The van der Waals surface area contributed by atoms with Crippen LogP contribution < -0.4 is 0 Å². The number of thiophene rings is 1. The summed E-state index contributed by atoms with van der Waals surface area (Å²) in [5.41, 5.74) is 18.9. The lowest BCUT2D eigenvalue weighted by Crippen LogP contribution is -2.32. The molecule has 7 aromatic rings. The van der Waals surface area contributed by atoms with Gasteiger partial charge in [-0.3, -0.25) is 0 Å². The number of rotatable bonds is 0. The third-order valence-electron chi connectivity index (χ3n) is 10.7. The van der Waals surface area contributed by atoms with Crippen LogP contribution in [0.25, 0.3) is 43.1 Å². The summed E-state index contributed by atoms with van der Waals surface area (Å²) >= 11 is 2.02. The number of benzene rings is 6. The summed E-state index contributed by atoms with van der Waals surface area (Å²) < 4.78 is 0. The molecular formula is C42H24S. The second-order valence-corrected chi connectivity index (χ2v) is 13.3. The van der Waals surface area contributed by atoms with Gasteiger partial charge in [-0.25, -0.2) is 0 Å². The fraction of sp³-hybridized carbons (Fsp3) is 0.0476. The molecule has 0 nitrogen and oxygen atoms in total. The van der Waals surface area contributed by atoms with E-state index in [-0.39, 0.29) is 10.8 Å². The van der Waals surface area contributed by atoms with Crippen molar-refractivity contribution in [3.05, 3.63) is 190 Å². The lowest BCUT2D eigenvalue weighted by Gasteiger charge is -2.36. The van der Waals surface area contributed by atoms with Crippen molar-refractivity contribution in [1.29, 1.82) is 0 Å². The average molecular weight is 561 g/mol. The zero-order chi connectivity index (χ0) is 27.9. The Hall–Kier alpha value is -4.98. The van der Waals surface area contributed by atoms with Crippen LogP contribution in [0.5, 0.6) is 0 Å². The molecule has 198 valence electrons. The highest BCUT2D eigenvalue weighted by molar-refractivity contribution is 7.19. The lowest BCUT2D eigenvalue weighted by molar-refractivity contribution is 0.730. The van der Waals surface area contributed by atoms with E-state index in [0.29, 0.717) is 0 Å². The molecule has 1 heteroatoms. The number of hydrogen-bond acceptors (Lipinski definition) is 1. The van der Waals surface area contributed by atoms with Gasteiger partial charge >= 0.3 is 0 Å². The molecule has 0 radical (unpaired) electrons. The van der Waals surface area contributed by atoms with Gasteiger partial charge in [0.05, 0.1) is 10.8 Å². The van der Waals surface area contributed by atoms with Crippen molar-refractivity contribution in [3.8, 4) is 43.1 Å². The summed E-state index contributed by atoms with van der Waals surface area (Å²) in [5.74, 6) is 0. The molecule has 4 aliphatic rings. The first-order valence-corrected chi connectivity index (χ1v) is 15.9. The summed E-state index contributed by atoms with van der Waals surface area (Å²) in [5, 5.41) is 0. The van der Waals surface area contributed by atoms with E-state index < -0.39 is 0 Å². The molecule has 0 unspecified atom stereocenters. The standard InChI is InChI=1S/C42H24S/c1-7-19-31-25(13-1)26-14-2-8-20-32(26)41(31)35-23-11-5-17-29(35)39-37(41)38-40(43-39)30-18-6-12-24-36(30)42(38)33-21-9-3-15-27(33)28-16-4-10-22-34(28)42/h1-24H. The molecule has 2 spiro atoms. The van der Waals surface area contributed by atoms with E-state index >= 15 is 0 Å². The zero-order valence-electron chi connectivity index (χ0n) is 23.3. The van der Waals surface area contributed by atoms with Crippen LogP contribution in [0.3, 0.4) is 0 Å². The van der Waals surface area contributed by atoms with Gasteiger partial charge in [-0.05, 0) is 77.9 Å². The van der Waals surface area contributed by atoms with Crippen LogP contribution in [0.2, 0.25) is 0 Å². The maximum Gasteiger partial charge on any atom is 0.0737 e. The molecule has 0 saturated heterocycles. The summed E-state index contributed by atoms with van der Waals surface area (Å²) in [4.78, 5) is 2.87. The van der Waals surface area contributed by atoms with Gasteiger partial charge in [0, 0.05) is 9.75 Å². The molecule has 0 fully saturated rings. The Bertz CT molecular complexity index is 2110. The smallest absolute Gasteiger partial charge is 0.0737 e. The summed E-state index contributed by atoms with van der Waals surface area (Å²) in [6.45, 7) is 0. The largest absolute Gasteiger partial charge is 0.134 e. The average Bonchev–Trinajstić information content (AvgIpc) is 3.83. The molecular weight excluding hydrogens is 537 g/mol. The molecule has 0 saturated carbocycles. The van der Waals surface area contributed by atoms with Gasteiger partial charge < -0.3 is 0 Å². The second-order valence-electron chi connectivity index (χ2n) is 12.3. The van der Waals surface area contributed by atoms with E-state index in [1.165, 1.54) is 87.6 Å². The Morgan fingerprint density at radius 3 is 0.814 bits per heavy atom. The molecule has 43 heavy (non-hydrogen) atoms. The molecule has 11 rings (SSSR count). The first-order chi connectivity index (χ1) is 21.4. The van der Waals surface area contributed by atoms with Crippen LogP contribution in [0.15, 0.2) is 146 Å². The van der Waals surface area contributed by atoms with Gasteiger partial charge in [0.25, 0.3) is 0 Å². The van der Waals surface area contributed by atoms with Gasteiger partial charge in [0.15, 0.2) is 0 Å². The van der Waals surface area contributed by atoms with Crippen LogP contribution in [-0.2, 0) is 10.8 Å². The molecule has 1 heterocycles. The first kappa shape index (κ1) is 22.6. The minimum atomic E-state index is -0.370. The zero-order valence-corrected chi connectivity index (χ0v) is 24.1. The van der Waals surface area contributed by atoms with Gasteiger partial charge in [-0.2, -0.15) is 0 Å². The van der Waals surface area contributed by atoms with Gasteiger partial charge in [0.2, 0.25) is 0 Å². The molecule has 0 atom stereocenters. The normalized spacial score (nSPS) is 15.8. The van der Waals surface area contributed by atoms with Crippen LogP contribution >= 0.6 is 11.3 Å². The highest BCUT2D eigenvalue weighted by Crippen LogP contribution is 2.73. The highest BCUT2D eigenvalue weighted by atomic mass is 32.1. The van der Waals surface area contributed by atoms with E-state index in [1.54, 1.807) is 0 Å². The summed E-state index contributed by atoms with van der Waals surface area (Å²) in [7, 11) is 0. The van der Waals surface area contributed by atoms with E-state index in [0.717, 1.165) is 0 Å². The maximum absolute atomic E-state index is 2.40. The molecule has 4 aliphatic carbocycles. The van der Waals surface area contributed by atoms with Crippen molar-refractivity contribution in [2.75, 3.05) is 0 Å². The van der Waals surface area contributed by atoms with Crippen molar-refractivity contribution in [1.82, 2.24) is 0 Å². The van der Waals surface area contributed by atoms with Crippen molar-refractivity contribution in [2.24, 2.45) is 0 Å². The van der Waals surface area contributed by atoms with Crippen LogP contribution in [0.4, 0.5) is 0 Å². The van der Waals surface area contributed by atoms with Gasteiger partial charge in [0.1, 0.15) is 0 Å². The summed E-state index contributed by atoms with van der Waals surface area (Å²) in [6.07, 6.45) is 0.